The standard InChI is InChI=1S/C15H16N4OS/c16-12-13(9-5-1-2-6-9)18-19(14(12)20)15-17-10-7-3-4-8-11(10)21-15/h3-4,7-9,18H,1-2,5-6,16H2. The maximum atomic E-state index is 12.4. The highest BCUT2D eigenvalue weighted by molar-refractivity contribution is 7.20. The van der Waals surface area contributed by atoms with Crippen LogP contribution in [0.2, 0.25) is 0 Å². The molecule has 3 N–H and O–H groups in total. The molecular weight excluding hydrogens is 284 g/mol. The van der Waals surface area contributed by atoms with E-state index >= 15 is 0 Å². The van der Waals surface area contributed by atoms with Gasteiger partial charge in [-0.25, -0.2) is 4.98 Å². The minimum atomic E-state index is -0.184. The van der Waals surface area contributed by atoms with Crippen LogP contribution in [0.1, 0.15) is 37.3 Å². The number of H-pyrrole nitrogens is 1. The van der Waals surface area contributed by atoms with Crippen LogP contribution in [0.5, 0.6) is 0 Å². The lowest BCUT2D eigenvalue weighted by Gasteiger charge is -2.06. The number of nitrogens with one attached hydrogen (secondary N) is 1. The van der Waals surface area contributed by atoms with Crippen LogP contribution in [-0.4, -0.2) is 14.8 Å². The smallest absolute Gasteiger partial charge is 0.296 e. The van der Waals surface area contributed by atoms with Crippen molar-refractivity contribution in [2.45, 2.75) is 31.6 Å². The number of nitrogens with two attached hydrogens (primary N) is 1. The Balaban J connectivity index is 1.84. The van der Waals surface area contributed by atoms with Crippen molar-refractivity contribution in [1.82, 2.24) is 14.8 Å². The third-order valence-electron chi connectivity index (χ3n) is 4.19. The summed E-state index contributed by atoms with van der Waals surface area (Å²) in [7, 11) is 0. The van der Waals surface area contributed by atoms with Crippen molar-refractivity contribution < 1.29 is 0 Å². The van der Waals surface area contributed by atoms with E-state index in [2.05, 4.69) is 10.1 Å². The van der Waals surface area contributed by atoms with Gasteiger partial charge in [0.05, 0.1) is 15.9 Å². The molecule has 0 bridgehead atoms. The largest absolute Gasteiger partial charge is 0.393 e. The number of aromatic nitrogens is 3. The summed E-state index contributed by atoms with van der Waals surface area (Å²) in [6.07, 6.45) is 4.62. The second-order valence-corrected chi connectivity index (χ2v) is 6.53. The average molecular weight is 300 g/mol. The van der Waals surface area contributed by atoms with Crippen LogP contribution in [0.25, 0.3) is 15.3 Å². The highest BCUT2D eigenvalue weighted by Crippen LogP contribution is 2.35. The Morgan fingerprint density at radius 2 is 2.05 bits per heavy atom. The quantitative estimate of drug-likeness (QED) is 0.763. The summed E-state index contributed by atoms with van der Waals surface area (Å²) in [4.78, 5) is 16.9. The topological polar surface area (TPSA) is 76.7 Å². The molecule has 4 rings (SSSR count). The molecule has 0 aliphatic heterocycles. The summed E-state index contributed by atoms with van der Waals surface area (Å²) in [6.45, 7) is 0. The monoisotopic (exact) mass is 300 g/mol. The van der Waals surface area contributed by atoms with Gasteiger partial charge in [0.15, 0.2) is 0 Å². The van der Waals surface area contributed by atoms with Gasteiger partial charge >= 0.3 is 0 Å². The Kier molecular flexibility index (Phi) is 2.85. The highest BCUT2D eigenvalue weighted by Gasteiger charge is 2.24. The molecule has 0 saturated heterocycles. The van der Waals surface area contributed by atoms with Gasteiger partial charge in [0, 0.05) is 5.92 Å². The van der Waals surface area contributed by atoms with E-state index in [0.29, 0.717) is 16.7 Å². The fraction of sp³-hybridized carbons (Fsp3) is 0.333. The molecule has 0 amide bonds. The average Bonchev–Trinajstić information content (AvgIpc) is 3.19. The number of hydrogen-bond donors (Lipinski definition) is 2. The number of hydrogen-bond acceptors (Lipinski definition) is 4. The van der Waals surface area contributed by atoms with Gasteiger partial charge in [-0.2, -0.15) is 4.68 Å². The maximum absolute atomic E-state index is 12.4. The number of thiazole rings is 1. The van der Waals surface area contributed by atoms with Gasteiger partial charge in [-0.1, -0.05) is 36.3 Å². The number of anilines is 1. The Bertz CT molecular complexity index is 821. The van der Waals surface area contributed by atoms with Crippen molar-refractivity contribution in [1.29, 1.82) is 0 Å². The summed E-state index contributed by atoms with van der Waals surface area (Å²) in [5, 5.41) is 3.85. The van der Waals surface area contributed by atoms with E-state index in [0.717, 1.165) is 28.8 Å². The molecule has 3 aromatic rings. The molecule has 1 aromatic carbocycles. The summed E-state index contributed by atoms with van der Waals surface area (Å²) < 4.78 is 2.56. The fourth-order valence-electron chi connectivity index (χ4n) is 3.08. The lowest BCUT2D eigenvalue weighted by Crippen LogP contribution is -2.16. The molecule has 1 fully saturated rings. The molecule has 1 aliphatic rings. The van der Waals surface area contributed by atoms with Crippen molar-refractivity contribution in [2.24, 2.45) is 0 Å². The first-order chi connectivity index (χ1) is 10.2. The molecule has 2 heterocycles. The number of nitrogen functional groups attached to an aromatic ring is 1. The van der Waals surface area contributed by atoms with Crippen LogP contribution in [0.4, 0.5) is 5.69 Å². The van der Waals surface area contributed by atoms with E-state index in [4.69, 9.17) is 5.73 Å². The first-order valence-corrected chi connectivity index (χ1v) is 8.02. The van der Waals surface area contributed by atoms with Gasteiger partial charge in [-0.3, -0.25) is 9.89 Å². The molecule has 0 atom stereocenters. The summed E-state index contributed by atoms with van der Waals surface area (Å²) >= 11 is 1.49. The third-order valence-corrected chi connectivity index (χ3v) is 5.21. The van der Waals surface area contributed by atoms with Crippen LogP contribution in [0.15, 0.2) is 29.1 Å². The first-order valence-electron chi connectivity index (χ1n) is 7.20. The molecule has 6 heteroatoms. The number of nitrogens with zero attached hydrogens (tertiary/aromatic N) is 2. The number of aromatic amines is 1. The molecule has 0 unspecified atom stereocenters. The van der Waals surface area contributed by atoms with Gasteiger partial charge < -0.3 is 5.73 Å². The van der Waals surface area contributed by atoms with Gasteiger partial charge in [-0.15, -0.1) is 0 Å². The fourth-order valence-corrected chi connectivity index (χ4v) is 4.01. The first kappa shape index (κ1) is 12.6. The van der Waals surface area contributed by atoms with Crippen LogP contribution in [0.3, 0.4) is 0 Å². The molecule has 1 aliphatic carbocycles. The van der Waals surface area contributed by atoms with E-state index in [1.807, 2.05) is 24.3 Å². The van der Waals surface area contributed by atoms with Gasteiger partial charge in [0.2, 0.25) is 5.13 Å². The maximum Gasteiger partial charge on any atom is 0.296 e. The second-order valence-electron chi connectivity index (χ2n) is 5.53. The van der Waals surface area contributed by atoms with Gasteiger partial charge in [0.25, 0.3) is 5.56 Å². The predicted octanol–water partition coefficient (Wildman–Crippen LogP) is 3.02. The summed E-state index contributed by atoms with van der Waals surface area (Å²) in [5.41, 5.74) is 7.98. The molecule has 2 aromatic heterocycles. The Hall–Kier alpha value is -2.08. The summed E-state index contributed by atoms with van der Waals surface area (Å²) in [6, 6.07) is 7.87. The van der Waals surface area contributed by atoms with E-state index in [9.17, 15) is 4.79 Å². The van der Waals surface area contributed by atoms with Crippen LogP contribution < -0.4 is 11.3 Å². The Labute approximate surface area is 125 Å². The van der Waals surface area contributed by atoms with Crippen LogP contribution in [-0.2, 0) is 0 Å². The molecule has 1 saturated carbocycles. The van der Waals surface area contributed by atoms with Crippen molar-refractivity contribution in [2.75, 3.05) is 5.73 Å². The van der Waals surface area contributed by atoms with Crippen molar-refractivity contribution in [3.8, 4) is 5.13 Å². The molecule has 108 valence electrons. The number of fused-ring (bicyclic) bond motifs is 1. The Morgan fingerprint density at radius 1 is 1.29 bits per heavy atom. The van der Waals surface area contributed by atoms with Crippen molar-refractivity contribution >= 4 is 27.2 Å². The number of rotatable bonds is 2. The van der Waals surface area contributed by atoms with Gasteiger partial charge in [0.1, 0.15) is 5.69 Å². The SMILES string of the molecule is Nc1c(C2CCCC2)[nH]n(-c2nc3ccccc3s2)c1=O. The van der Waals surface area contributed by atoms with E-state index in [1.165, 1.54) is 28.9 Å². The third kappa shape index (κ3) is 1.98. The van der Waals surface area contributed by atoms with E-state index in [1.54, 1.807) is 0 Å². The van der Waals surface area contributed by atoms with Crippen LogP contribution in [0, 0.1) is 0 Å². The zero-order valence-corrected chi connectivity index (χ0v) is 12.3. The van der Waals surface area contributed by atoms with Crippen molar-refractivity contribution in [3.63, 3.8) is 0 Å². The zero-order chi connectivity index (χ0) is 14.4. The lowest BCUT2D eigenvalue weighted by molar-refractivity contribution is 0.677. The number of para-hydroxylation sites is 1. The van der Waals surface area contributed by atoms with E-state index < -0.39 is 0 Å². The molecule has 21 heavy (non-hydrogen) atoms. The Morgan fingerprint density at radius 3 is 2.81 bits per heavy atom. The predicted molar refractivity (Wildman–Crippen MR) is 85.2 cm³/mol. The molecule has 0 spiro atoms. The minimum Gasteiger partial charge on any atom is -0.393 e. The van der Waals surface area contributed by atoms with Gasteiger partial charge in [-0.05, 0) is 25.0 Å². The molecule has 0 radical (unpaired) electrons. The summed E-state index contributed by atoms with van der Waals surface area (Å²) in [5.74, 6) is 0.383. The highest BCUT2D eigenvalue weighted by atomic mass is 32.1. The van der Waals surface area contributed by atoms with E-state index in [-0.39, 0.29) is 5.56 Å². The number of benzene rings is 1. The normalized spacial score (nSPS) is 16.0. The lowest BCUT2D eigenvalue weighted by atomic mass is 10.0. The minimum absolute atomic E-state index is 0.184. The van der Waals surface area contributed by atoms with Crippen molar-refractivity contribution in [3.05, 3.63) is 40.3 Å². The molecular formula is C15H16N4OS. The second kappa shape index (κ2) is 4.73. The zero-order valence-electron chi connectivity index (χ0n) is 11.5. The van der Waals surface area contributed by atoms with Crippen LogP contribution >= 0.6 is 11.3 Å². The molecule has 5 nitrogen and oxygen atoms in total.